The summed E-state index contributed by atoms with van der Waals surface area (Å²) in [5, 5.41) is 21.2. The second kappa shape index (κ2) is 6.81. The molecule has 9 nitrogen and oxygen atoms in total. The molecule has 1 aromatic carbocycles. The third-order valence-corrected chi connectivity index (χ3v) is 4.02. The molecule has 0 spiro atoms. The fraction of sp³-hybridized carbons (Fsp3) is 0.312. The SMILES string of the molecule is Cc1cc(=O)c(C(=O)NC2CCNC2)nn1-c1ccccc1[N+](=O)[O-]. The Hall–Kier alpha value is -3.07. The van der Waals surface area contributed by atoms with Crippen molar-refractivity contribution in [3.8, 4) is 5.69 Å². The van der Waals surface area contributed by atoms with E-state index in [2.05, 4.69) is 15.7 Å². The molecule has 0 bridgehead atoms. The van der Waals surface area contributed by atoms with Crippen molar-refractivity contribution in [1.82, 2.24) is 20.4 Å². The van der Waals surface area contributed by atoms with E-state index in [1.807, 2.05) is 0 Å². The van der Waals surface area contributed by atoms with Gasteiger partial charge in [0.15, 0.2) is 5.69 Å². The van der Waals surface area contributed by atoms with E-state index in [4.69, 9.17) is 0 Å². The van der Waals surface area contributed by atoms with Crippen molar-refractivity contribution in [2.24, 2.45) is 0 Å². The van der Waals surface area contributed by atoms with Crippen molar-refractivity contribution < 1.29 is 9.72 Å². The second-order valence-corrected chi connectivity index (χ2v) is 5.82. The van der Waals surface area contributed by atoms with Crippen molar-refractivity contribution in [3.05, 3.63) is 62.1 Å². The van der Waals surface area contributed by atoms with Crippen LogP contribution in [-0.2, 0) is 0 Å². The minimum atomic E-state index is -0.578. The molecule has 0 saturated carbocycles. The number of nitro groups is 1. The molecule has 0 radical (unpaired) electrons. The van der Waals surface area contributed by atoms with E-state index in [1.54, 1.807) is 19.1 Å². The highest BCUT2D eigenvalue weighted by atomic mass is 16.6. The Morgan fingerprint density at radius 2 is 2.20 bits per heavy atom. The summed E-state index contributed by atoms with van der Waals surface area (Å²) in [6.07, 6.45) is 0.774. The quantitative estimate of drug-likeness (QED) is 0.618. The number of benzene rings is 1. The van der Waals surface area contributed by atoms with Crippen molar-refractivity contribution in [3.63, 3.8) is 0 Å². The maximum atomic E-state index is 12.4. The predicted molar refractivity (Wildman–Crippen MR) is 90.0 cm³/mol. The molecular weight excluding hydrogens is 326 g/mol. The number of hydrogen-bond acceptors (Lipinski definition) is 6. The summed E-state index contributed by atoms with van der Waals surface area (Å²) in [5.41, 5.74) is -0.362. The first-order valence-corrected chi connectivity index (χ1v) is 7.83. The summed E-state index contributed by atoms with van der Waals surface area (Å²) in [6.45, 7) is 3.04. The molecule has 130 valence electrons. The smallest absolute Gasteiger partial charge is 0.294 e. The lowest BCUT2D eigenvalue weighted by Gasteiger charge is -2.13. The average Bonchev–Trinajstić information content (AvgIpc) is 3.07. The molecule has 1 atom stereocenters. The predicted octanol–water partition coefficient (Wildman–Crippen LogP) is 0.541. The summed E-state index contributed by atoms with van der Waals surface area (Å²) >= 11 is 0. The fourth-order valence-electron chi connectivity index (χ4n) is 2.78. The van der Waals surface area contributed by atoms with E-state index in [0.29, 0.717) is 12.2 Å². The van der Waals surface area contributed by atoms with Crippen molar-refractivity contribution in [2.75, 3.05) is 13.1 Å². The number of nitrogens with zero attached hydrogens (tertiary/aromatic N) is 3. The van der Waals surface area contributed by atoms with Gasteiger partial charge in [0.2, 0.25) is 5.43 Å². The molecule has 1 amide bonds. The van der Waals surface area contributed by atoms with Gasteiger partial charge in [-0.25, -0.2) is 4.68 Å². The molecule has 9 heteroatoms. The zero-order valence-corrected chi connectivity index (χ0v) is 13.6. The lowest BCUT2D eigenvalue weighted by molar-refractivity contribution is -0.384. The van der Waals surface area contributed by atoms with Crippen LogP contribution in [0.15, 0.2) is 35.1 Å². The van der Waals surface area contributed by atoms with E-state index in [1.165, 1.54) is 22.9 Å². The van der Waals surface area contributed by atoms with Gasteiger partial charge >= 0.3 is 0 Å². The van der Waals surface area contributed by atoms with Gasteiger partial charge in [-0.2, -0.15) is 5.10 Å². The first-order valence-electron chi connectivity index (χ1n) is 7.83. The highest BCUT2D eigenvalue weighted by Gasteiger charge is 2.23. The van der Waals surface area contributed by atoms with Crippen LogP contribution in [0.25, 0.3) is 5.69 Å². The first kappa shape index (κ1) is 16.8. The van der Waals surface area contributed by atoms with Crippen molar-refractivity contribution >= 4 is 11.6 Å². The summed E-state index contributed by atoms with van der Waals surface area (Å²) in [6, 6.07) is 7.23. The minimum absolute atomic E-state index is 0.0606. The molecule has 1 saturated heterocycles. The van der Waals surface area contributed by atoms with Crippen molar-refractivity contribution in [1.29, 1.82) is 0 Å². The van der Waals surface area contributed by atoms with Crippen LogP contribution in [0.3, 0.4) is 0 Å². The van der Waals surface area contributed by atoms with Gasteiger partial charge in [-0.05, 0) is 26.0 Å². The van der Waals surface area contributed by atoms with E-state index in [9.17, 15) is 19.7 Å². The molecule has 0 aliphatic carbocycles. The largest absolute Gasteiger partial charge is 0.346 e. The van der Waals surface area contributed by atoms with Crippen LogP contribution in [-0.4, -0.2) is 39.7 Å². The lowest BCUT2D eigenvalue weighted by Crippen LogP contribution is -2.39. The number of carbonyl (C=O) groups excluding carboxylic acids is 1. The number of para-hydroxylation sites is 2. The van der Waals surface area contributed by atoms with Gasteiger partial charge in [-0.15, -0.1) is 0 Å². The molecule has 1 aromatic heterocycles. The van der Waals surface area contributed by atoms with Gasteiger partial charge in [0, 0.05) is 30.4 Å². The Kier molecular flexibility index (Phi) is 4.57. The first-order chi connectivity index (χ1) is 12.0. The van der Waals surface area contributed by atoms with E-state index >= 15 is 0 Å². The molecule has 1 unspecified atom stereocenters. The molecule has 2 aromatic rings. The van der Waals surface area contributed by atoms with Crippen LogP contribution in [0.2, 0.25) is 0 Å². The Balaban J connectivity index is 2.03. The number of nitrogens with one attached hydrogen (secondary N) is 2. The number of hydrogen-bond donors (Lipinski definition) is 2. The Bertz CT molecular complexity index is 886. The maximum Gasteiger partial charge on any atom is 0.294 e. The Labute approximate surface area is 142 Å². The van der Waals surface area contributed by atoms with Gasteiger partial charge in [-0.3, -0.25) is 19.7 Å². The summed E-state index contributed by atoms with van der Waals surface area (Å²) in [5.74, 6) is -0.578. The topological polar surface area (TPSA) is 119 Å². The highest BCUT2D eigenvalue weighted by Crippen LogP contribution is 2.22. The Morgan fingerprint density at radius 1 is 1.44 bits per heavy atom. The lowest BCUT2D eigenvalue weighted by atomic mass is 10.2. The van der Waals surface area contributed by atoms with Gasteiger partial charge in [0.05, 0.1) is 4.92 Å². The number of nitro benzene ring substituents is 1. The summed E-state index contributed by atoms with van der Waals surface area (Å²) < 4.78 is 1.25. The minimum Gasteiger partial charge on any atom is -0.346 e. The zero-order valence-electron chi connectivity index (χ0n) is 13.6. The molecule has 25 heavy (non-hydrogen) atoms. The maximum absolute atomic E-state index is 12.4. The molecule has 2 N–H and O–H groups in total. The fourth-order valence-corrected chi connectivity index (χ4v) is 2.78. The molecule has 3 rings (SSSR count). The third-order valence-electron chi connectivity index (χ3n) is 4.02. The number of amides is 1. The van der Waals surface area contributed by atoms with E-state index in [0.717, 1.165) is 13.0 Å². The van der Waals surface area contributed by atoms with Crippen LogP contribution >= 0.6 is 0 Å². The summed E-state index contributed by atoms with van der Waals surface area (Å²) in [7, 11) is 0. The standard InChI is InChI=1S/C16H17N5O4/c1-10-8-14(22)15(16(23)18-11-6-7-17-9-11)19-20(10)12-4-2-3-5-13(12)21(24)25/h2-5,8,11,17H,6-7,9H2,1H3,(H,18,23). The average molecular weight is 343 g/mol. The van der Waals surface area contributed by atoms with Crippen LogP contribution < -0.4 is 16.1 Å². The highest BCUT2D eigenvalue weighted by molar-refractivity contribution is 5.92. The van der Waals surface area contributed by atoms with Crippen LogP contribution in [0, 0.1) is 17.0 Å². The molecule has 2 heterocycles. The summed E-state index contributed by atoms with van der Waals surface area (Å²) in [4.78, 5) is 35.3. The normalized spacial score (nSPS) is 16.6. The zero-order chi connectivity index (χ0) is 18.0. The number of rotatable bonds is 4. The molecule has 1 fully saturated rings. The number of aryl methyl sites for hydroxylation is 1. The van der Waals surface area contributed by atoms with Crippen LogP contribution in [0.5, 0.6) is 0 Å². The number of carbonyl (C=O) groups is 1. The molecule has 1 aliphatic heterocycles. The second-order valence-electron chi connectivity index (χ2n) is 5.82. The number of aromatic nitrogens is 2. The van der Waals surface area contributed by atoms with Crippen LogP contribution in [0.4, 0.5) is 5.69 Å². The van der Waals surface area contributed by atoms with Gasteiger partial charge in [0.1, 0.15) is 5.69 Å². The monoisotopic (exact) mass is 343 g/mol. The van der Waals surface area contributed by atoms with Gasteiger partial charge in [0.25, 0.3) is 11.6 Å². The van der Waals surface area contributed by atoms with E-state index in [-0.39, 0.29) is 23.1 Å². The van der Waals surface area contributed by atoms with Gasteiger partial charge < -0.3 is 10.6 Å². The molecule has 1 aliphatic rings. The Morgan fingerprint density at radius 3 is 2.88 bits per heavy atom. The molecular formula is C16H17N5O4. The van der Waals surface area contributed by atoms with Crippen molar-refractivity contribution in [2.45, 2.75) is 19.4 Å². The third kappa shape index (κ3) is 3.41. The van der Waals surface area contributed by atoms with Gasteiger partial charge in [-0.1, -0.05) is 12.1 Å². The van der Waals surface area contributed by atoms with E-state index < -0.39 is 16.3 Å². The van der Waals surface area contributed by atoms with Crippen LogP contribution in [0.1, 0.15) is 22.6 Å².